The number of hydrogen-bond acceptors (Lipinski definition) is 5. The summed E-state index contributed by atoms with van der Waals surface area (Å²) in [4.78, 5) is 13.4. The number of rotatable bonds is 5. The van der Waals surface area contributed by atoms with Gasteiger partial charge in [-0.15, -0.1) is 0 Å². The fourth-order valence-electron chi connectivity index (χ4n) is 2.75. The number of halogens is 1. The van der Waals surface area contributed by atoms with E-state index in [1.54, 1.807) is 18.2 Å². The van der Waals surface area contributed by atoms with Crippen LogP contribution in [0.15, 0.2) is 65.1 Å². The lowest BCUT2D eigenvalue weighted by molar-refractivity contribution is 0.287. The van der Waals surface area contributed by atoms with Gasteiger partial charge in [-0.05, 0) is 50.2 Å². The van der Waals surface area contributed by atoms with Crippen molar-refractivity contribution in [1.29, 1.82) is 0 Å². The highest BCUT2D eigenvalue weighted by atomic mass is 19.1. The Morgan fingerprint density at radius 2 is 1.64 bits per heavy atom. The van der Waals surface area contributed by atoms with Crippen LogP contribution >= 0.6 is 0 Å². The summed E-state index contributed by atoms with van der Waals surface area (Å²) in [5.74, 6) is 1.86. The molecule has 5 nitrogen and oxygen atoms in total. The minimum Gasteiger partial charge on any atom is -0.471 e. The summed E-state index contributed by atoms with van der Waals surface area (Å²) in [6, 6.07) is 17.5. The normalized spacial score (nSPS) is 10.8. The summed E-state index contributed by atoms with van der Waals surface area (Å²) in [6.07, 6.45) is 0. The van der Waals surface area contributed by atoms with Crippen molar-refractivity contribution in [1.82, 2.24) is 15.0 Å². The average molecular weight is 375 g/mol. The SMILES string of the molecule is Cc1cc(OCc2nc(-c3ccccc3)oc2C)nc(-c2ccc(F)cc2)n1. The van der Waals surface area contributed by atoms with Crippen molar-refractivity contribution >= 4 is 0 Å². The maximum absolute atomic E-state index is 13.2. The topological polar surface area (TPSA) is 61.0 Å². The number of oxazole rings is 1. The largest absolute Gasteiger partial charge is 0.471 e. The molecule has 6 heteroatoms. The van der Waals surface area contributed by atoms with Crippen molar-refractivity contribution in [3.8, 4) is 28.7 Å². The van der Waals surface area contributed by atoms with E-state index >= 15 is 0 Å². The Labute approximate surface area is 161 Å². The molecule has 0 aliphatic carbocycles. The van der Waals surface area contributed by atoms with Crippen LogP contribution < -0.4 is 4.74 Å². The smallest absolute Gasteiger partial charge is 0.226 e. The maximum Gasteiger partial charge on any atom is 0.226 e. The summed E-state index contributed by atoms with van der Waals surface area (Å²) in [6.45, 7) is 3.94. The van der Waals surface area contributed by atoms with Gasteiger partial charge >= 0.3 is 0 Å². The van der Waals surface area contributed by atoms with Gasteiger partial charge in [0.2, 0.25) is 11.8 Å². The highest BCUT2D eigenvalue weighted by Gasteiger charge is 2.13. The highest BCUT2D eigenvalue weighted by molar-refractivity contribution is 5.55. The van der Waals surface area contributed by atoms with Crippen molar-refractivity contribution in [3.05, 3.63) is 83.6 Å². The van der Waals surface area contributed by atoms with Gasteiger partial charge in [-0.25, -0.2) is 14.4 Å². The number of nitrogens with zero attached hydrogens (tertiary/aromatic N) is 3. The van der Waals surface area contributed by atoms with Gasteiger partial charge < -0.3 is 9.15 Å². The van der Waals surface area contributed by atoms with Crippen LogP contribution in [0.2, 0.25) is 0 Å². The molecule has 0 aliphatic heterocycles. The van der Waals surface area contributed by atoms with Crippen LogP contribution in [-0.4, -0.2) is 15.0 Å². The Balaban J connectivity index is 1.54. The van der Waals surface area contributed by atoms with Gasteiger partial charge in [-0.1, -0.05) is 18.2 Å². The zero-order valence-electron chi connectivity index (χ0n) is 15.5. The molecule has 0 saturated carbocycles. The second-order valence-electron chi connectivity index (χ2n) is 6.35. The van der Waals surface area contributed by atoms with Crippen molar-refractivity contribution in [2.45, 2.75) is 20.5 Å². The van der Waals surface area contributed by atoms with Crippen LogP contribution in [0, 0.1) is 19.7 Å². The molecule has 4 rings (SSSR count). The predicted molar refractivity (Wildman–Crippen MR) is 103 cm³/mol. The van der Waals surface area contributed by atoms with E-state index in [0.29, 0.717) is 29.0 Å². The van der Waals surface area contributed by atoms with Crippen LogP contribution in [0.25, 0.3) is 22.8 Å². The monoisotopic (exact) mass is 375 g/mol. The second-order valence-corrected chi connectivity index (χ2v) is 6.35. The molecule has 0 amide bonds. The zero-order chi connectivity index (χ0) is 19.5. The molecule has 0 unspecified atom stereocenters. The molecule has 0 radical (unpaired) electrons. The van der Waals surface area contributed by atoms with E-state index in [2.05, 4.69) is 15.0 Å². The fourth-order valence-corrected chi connectivity index (χ4v) is 2.75. The van der Waals surface area contributed by atoms with Crippen molar-refractivity contribution in [2.75, 3.05) is 0 Å². The summed E-state index contributed by atoms with van der Waals surface area (Å²) in [5.41, 5.74) is 3.09. The number of aromatic nitrogens is 3. The van der Waals surface area contributed by atoms with E-state index < -0.39 is 0 Å². The molecule has 140 valence electrons. The van der Waals surface area contributed by atoms with Crippen molar-refractivity contribution in [3.63, 3.8) is 0 Å². The van der Waals surface area contributed by atoms with Gasteiger partial charge in [-0.2, -0.15) is 4.98 Å². The first kappa shape index (κ1) is 17.9. The Hall–Kier alpha value is -3.54. The minimum atomic E-state index is -0.302. The fraction of sp³-hybridized carbons (Fsp3) is 0.136. The lowest BCUT2D eigenvalue weighted by Gasteiger charge is -2.07. The van der Waals surface area contributed by atoms with Gasteiger partial charge in [0.1, 0.15) is 23.9 Å². The van der Waals surface area contributed by atoms with Gasteiger partial charge in [0.25, 0.3) is 0 Å². The Bertz CT molecular complexity index is 1090. The molecule has 2 aromatic carbocycles. The average Bonchev–Trinajstić information content (AvgIpc) is 3.08. The second kappa shape index (κ2) is 7.60. The molecule has 0 atom stereocenters. The van der Waals surface area contributed by atoms with E-state index in [1.807, 2.05) is 44.2 Å². The van der Waals surface area contributed by atoms with E-state index in [0.717, 1.165) is 16.8 Å². The van der Waals surface area contributed by atoms with Gasteiger partial charge in [0.15, 0.2) is 5.82 Å². The van der Waals surface area contributed by atoms with Crippen LogP contribution in [0.5, 0.6) is 5.88 Å². The lowest BCUT2D eigenvalue weighted by atomic mass is 10.2. The quantitative estimate of drug-likeness (QED) is 0.484. The molecular weight excluding hydrogens is 357 g/mol. The highest BCUT2D eigenvalue weighted by Crippen LogP contribution is 2.23. The zero-order valence-corrected chi connectivity index (χ0v) is 15.5. The number of aryl methyl sites for hydroxylation is 2. The third kappa shape index (κ3) is 3.91. The molecule has 0 N–H and O–H groups in total. The van der Waals surface area contributed by atoms with Crippen LogP contribution in [0.4, 0.5) is 4.39 Å². The molecule has 0 bridgehead atoms. The van der Waals surface area contributed by atoms with E-state index in [-0.39, 0.29) is 12.4 Å². The van der Waals surface area contributed by atoms with E-state index in [1.165, 1.54) is 12.1 Å². The molecule has 28 heavy (non-hydrogen) atoms. The first-order valence-corrected chi connectivity index (χ1v) is 8.84. The van der Waals surface area contributed by atoms with Gasteiger partial charge in [0.05, 0.1) is 0 Å². The standard InChI is InChI=1S/C22H18FN3O2/c1-14-12-20(26-21(24-14)16-8-10-18(23)11-9-16)27-13-19-15(2)28-22(25-19)17-6-4-3-5-7-17/h3-12H,13H2,1-2H3. The summed E-state index contributed by atoms with van der Waals surface area (Å²) >= 11 is 0. The maximum atomic E-state index is 13.2. The lowest BCUT2D eigenvalue weighted by Crippen LogP contribution is -2.02. The van der Waals surface area contributed by atoms with Crippen molar-refractivity contribution in [2.24, 2.45) is 0 Å². The Morgan fingerprint density at radius 1 is 0.893 bits per heavy atom. The van der Waals surface area contributed by atoms with Crippen molar-refractivity contribution < 1.29 is 13.5 Å². The summed E-state index contributed by atoms with van der Waals surface area (Å²) < 4.78 is 24.7. The minimum absolute atomic E-state index is 0.224. The number of benzene rings is 2. The number of hydrogen-bond donors (Lipinski definition) is 0. The first-order valence-electron chi connectivity index (χ1n) is 8.84. The Morgan fingerprint density at radius 3 is 2.39 bits per heavy atom. The third-order valence-corrected chi connectivity index (χ3v) is 4.20. The molecule has 0 spiro atoms. The summed E-state index contributed by atoms with van der Waals surface area (Å²) in [7, 11) is 0. The Kier molecular flexibility index (Phi) is 4.85. The molecule has 0 fully saturated rings. The van der Waals surface area contributed by atoms with Gasteiger partial charge in [-0.3, -0.25) is 0 Å². The summed E-state index contributed by atoms with van der Waals surface area (Å²) in [5, 5.41) is 0. The molecular formula is C22H18FN3O2. The first-order chi connectivity index (χ1) is 13.6. The molecule has 0 saturated heterocycles. The van der Waals surface area contributed by atoms with Crippen LogP contribution in [0.1, 0.15) is 17.1 Å². The van der Waals surface area contributed by atoms with E-state index in [4.69, 9.17) is 9.15 Å². The molecule has 0 aliphatic rings. The molecule has 4 aromatic rings. The van der Waals surface area contributed by atoms with Crippen LogP contribution in [0.3, 0.4) is 0 Å². The van der Waals surface area contributed by atoms with E-state index in [9.17, 15) is 4.39 Å². The van der Waals surface area contributed by atoms with Gasteiger partial charge in [0, 0.05) is 22.9 Å². The predicted octanol–water partition coefficient (Wildman–Crippen LogP) is 5.13. The molecule has 2 aromatic heterocycles. The number of ether oxygens (including phenoxy) is 1. The third-order valence-electron chi connectivity index (χ3n) is 4.20. The van der Waals surface area contributed by atoms with Crippen LogP contribution in [-0.2, 0) is 6.61 Å². The molecule has 2 heterocycles.